The molecule has 2 heterocycles. The number of aromatic nitrogens is 2. The molecule has 1 aromatic heterocycles. The van der Waals surface area contributed by atoms with E-state index in [-0.39, 0.29) is 6.10 Å². The molecule has 0 aromatic carbocycles. The third-order valence-electron chi connectivity index (χ3n) is 2.56. The number of nitro groups is 1. The van der Waals surface area contributed by atoms with Crippen LogP contribution in [0, 0.1) is 10.1 Å². The molecule has 0 saturated carbocycles. The van der Waals surface area contributed by atoms with E-state index < -0.39 is 22.3 Å². The van der Waals surface area contributed by atoms with Gasteiger partial charge in [-0.05, 0) is 12.8 Å². The smallest absolute Gasteiger partial charge is 0.363 e. The number of hydrogen-bond acceptors (Lipinski definition) is 5. The van der Waals surface area contributed by atoms with Gasteiger partial charge in [-0.25, -0.2) is 4.79 Å². The lowest BCUT2D eigenvalue weighted by molar-refractivity contribution is -0.385. The van der Waals surface area contributed by atoms with Gasteiger partial charge in [0.25, 0.3) is 0 Å². The van der Waals surface area contributed by atoms with Crippen molar-refractivity contribution in [1.82, 2.24) is 9.78 Å². The molecule has 8 heteroatoms. The molecule has 0 spiro atoms. The number of carboxylic acid groups (broad SMARTS) is 1. The maximum atomic E-state index is 10.8. The topological polar surface area (TPSA) is 107 Å². The van der Waals surface area contributed by atoms with Crippen LogP contribution in [-0.4, -0.2) is 38.5 Å². The zero-order chi connectivity index (χ0) is 12.4. The molecule has 0 aliphatic carbocycles. The summed E-state index contributed by atoms with van der Waals surface area (Å²) < 4.78 is 6.61. The van der Waals surface area contributed by atoms with E-state index in [0.717, 1.165) is 19.0 Å². The predicted molar refractivity (Wildman–Crippen MR) is 54.8 cm³/mol. The number of hydrogen-bond donors (Lipinski definition) is 1. The molecule has 1 aromatic rings. The van der Waals surface area contributed by atoms with Crippen molar-refractivity contribution < 1.29 is 19.6 Å². The van der Waals surface area contributed by atoms with Crippen LogP contribution in [0.1, 0.15) is 23.3 Å². The second-order valence-corrected chi connectivity index (χ2v) is 3.78. The Morgan fingerprint density at radius 3 is 3.00 bits per heavy atom. The predicted octanol–water partition coefficient (Wildman–Crippen LogP) is 0.668. The minimum absolute atomic E-state index is 0.0452. The van der Waals surface area contributed by atoms with Crippen LogP contribution < -0.4 is 0 Å². The molecule has 1 fully saturated rings. The number of nitrogens with zero attached hydrogens (tertiary/aromatic N) is 3. The quantitative estimate of drug-likeness (QED) is 0.613. The first kappa shape index (κ1) is 11.5. The van der Waals surface area contributed by atoms with E-state index in [0.29, 0.717) is 13.2 Å². The molecule has 1 atom stereocenters. The molecule has 92 valence electrons. The van der Waals surface area contributed by atoms with Crippen molar-refractivity contribution in [3.05, 3.63) is 22.0 Å². The summed E-state index contributed by atoms with van der Waals surface area (Å²) in [5, 5.41) is 23.1. The molecule has 1 aliphatic heterocycles. The van der Waals surface area contributed by atoms with Gasteiger partial charge in [0.2, 0.25) is 5.69 Å². The average molecular weight is 241 g/mol. The molecule has 17 heavy (non-hydrogen) atoms. The Bertz CT molecular complexity index is 418. The summed E-state index contributed by atoms with van der Waals surface area (Å²) in [5.74, 6) is -1.40. The first-order valence-electron chi connectivity index (χ1n) is 5.14. The standard InChI is InChI=1S/C9H11N3O5/c13-9(14)8-7(12(15)16)5-11(10-8)4-6-2-1-3-17-6/h5-6H,1-4H2,(H,13,14). The van der Waals surface area contributed by atoms with E-state index in [4.69, 9.17) is 9.84 Å². The number of carboxylic acids is 1. The Hall–Kier alpha value is -1.96. The van der Waals surface area contributed by atoms with E-state index in [1.165, 1.54) is 4.68 Å². The van der Waals surface area contributed by atoms with E-state index in [9.17, 15) is 14.9 Å². The molecule has 8 nitrogen and oxygen atoms in total. The Labute approximate surface area is 95.9 Å². The lowest BCUT2D eigenvalue weighted by Gasteiger charge is -2.07. The van der Waals surface area contributed by atoms with Crippen LogP contribution in [0.15, 0.2) is 6.20 Å². The first-order chi connectivity index (χ1) is 8.08. The van der Waals surface area contributed by atoms with Crippen molar-refractivity contribution in [3.63, 3.8) is 0 Å². The highest BCUT2D eigenvalue weighted by molar-refractivity contribution is 5.89. The number of aromatic carboxylic acids is 1. The molecule has 1 saturated heterocycles. The number of ether oxygens (including phenoxy) is 1. The molecule has 0 bridgehead atoms. The SMILES string of the molecule is O=C(O)c1nn(CC2CCCO2)cc1[N+](=O)[O-]. The van der Waals surface area contributed by atoms with Gasteiger partial charge in [0.15, 0.2) is 0 Å². The van der Waals surface area contributed by atoms with Crippen molar-refractivity contribution in [3.8, 4) is 0 Å². The van der Waals surface area contributed by atoms with E-state index in [1.807, 2.05) is 0 Å². The van der Waals surface area contributed by atoms with Gasteiger partial charge in [-0.15, -0.1) is 0 Å². The van der Waals surface area contributed by atoms with Gasteiger partial charge < -0.3 is 9.84 Å². The van der Waals surface area contributed by atoms with Crippen LogP contribution in [0.4, 0.5) is 5.69 Å². The summed E-state index contributed by atoms with van der Waals surface area (Å²) in [6.45, 7) is 1.01. The number of carbonyl (C=O) groups is 1. The maximum absolute atomic E-state index is 10.8. The zero-order valence-corrected chi connectivity index (χ0v) is 8.90. The minimum Gasteiger partial charge on any atom is -0.476 e. The third-order valence-corrected chi connectivity index (χ3v) is 2.56. The average Bonchev–Trinajstić information content (AvgIpc) is 2.86. The fourth-order valence-corrected chi connectivity index (χ4v) is 1.79. The minimum atomic E-state index is -1.40. The molecule has 1 N–H and O–H groups in total. The fourth-order valence-electron chi connectivity index (χ4n) is 1.79. The van der Waals surface area contributed by atoms with Crippen LogP contribution in [0.2, 0.25) is 0 Å². The van der Waals surface area contributed by atoms with Gasteiger partial charge >= 0.3 is 11.7 Å². The fraction of sp³-hybridized carbons (Fsp3) is 0.556. The number of rotatable bonds is 4. The Morgan fingerprint density at radius 1 is 1.76 bits per heavy atom. The van der Waals surface area contributed by atoms with E-state index >= 15 is 0 Å². The van der Waals surface area contributed by atoms with Gasteiger partial charge in [0.1, 0.15) is 6.20 Å². The summed E-state index contributed by atoms with van der Waals surface area (Å²) >= 11 is 0. The van der Waals surface area contributed by atoms with Crippen LogP contribution in [0.25, 0.3) is 0 Å². The van der Waals surface area contributed by atoms with E-state index in [1.54, 1.807) is 0 Å². The molecule has 2 rings (SSSR count). The monoisotopic (exact) mass is 241 g/mol. The zero-order valence-electron chi connectivity index (χ0n) is 8.90. The van der Waals surface area contributed by atoms with Gasteiger partial charge in [-0.1, -0.05) is 0 Å². The highest BCUT2D eigenvalue weighted by Crippen LogP contribution is 2.19. The van der Waals surface area contributed by atoms with Crippen molar-refractivity contribution in [1.29, 1.82) is 0 Å². The van der Waals surface area contributed by atoms with Crippen molar-refractivity contribution >= 4 is 11.7 Å². The Morgan fingerprint density at radius 2 is 2.53 bits per heavy atom. The van der Waals surface area contributed by atoms with Gasteiger partial charge in [0.05, 0.1) is 17.6 Å². The second-order valence-electron chi connectivity index (χ2n) is 3.78. The summed E-state index contributed by atoms with van der Waals surface area (Å²) in [6.07, 6.45) is 2.89. The van der Waals surface area contributed by atoms with Crippen LogP contribution in [0.3, 0.4) is 0 Å². The molecule has 0 amide bonds. The Kier molecular flexibility index (Phi) is 3.05. The lowest BCUT2D eigenvalue weighted by atomic mass is 10.2. The van der Waals surface area contributed by atoms with Crippen LogP contribution in [0.5, 0.6) is 0 Å². The van der Waals surface area contributed by atoms with Gasteiger partial charge in [0, 0.05) is 6.61 Å². The Balaban J connectivity index is 2.20. The summed E-state index contributed by atoms with van der Waals surface area (Å²) in [6, 6.07) is 0. The molecule has 1 unspecified atom stereocenters. The second kappa shape index (κ2) is 4.50. The highest BCUT2D eigenvalue weighted by Gasteiger charge is 2.26. The van der Waals surface area contributed by atoms with Gasteiger partial charge in [-0.2, -0.15) is 5.10 Å². The molecular formula is C9H11N3O5. The normalized spacial score (nSPS) is 19.4. The van der Waals surface area contributed by atoms with Crippen molar-refractivity contribution in [2.45, 2.75) is 25.5 Å². The highest BCUT2D eigenvalue weighted by atomic mass is 16.6. The van der Waals surface area contributed by atoms with Crippen molar-refractivity contribution in [2.75, 3.05) is 6.61 Å². The maximum Gasteiger partial charge on any atom is 0.363 e. The summed E-state index contributed by atoms with van der Waals surface area (Å²) in [4.78, 5) is 20.7. The third kappa shape index (κ3) is 2.41. The summed E-state index contributed by atoms with van der Waals surface area (Å²) in [5.41, 5.74) is -1.02. The van der Waals surface area contributed by atoms with Crippen LogP contribution >= 0.6 is 0 Å². The lowest BCUT2D eigenvalue weighted by Crippen LogP contribution is -2.15. The molecule has 1 aliphatic rings. The molecule has 0 radical (unpaired) electrons. The van der Waals surface area contributed by atoms with E-state index in [2.05, 4.69) is 5.10 Å². The first-order valence-corrected chi connectivity index (χ1v) is 5.14. The van der Waals surface area contributed by atoms with Crippen molar-refractivity contribution in [2.24, 2.45) is 0 Å². The van der Waals surface area contributed by atoms with Crippen LogP contribution in [-0.2, 0) is 11.3 Å². The largest absolute Gasteiger partial charge is 0.476 e. The van der Waals surface area contributed by atoms with Gasteiger partial charge in [-0.3, -0.25) is 14.8 Å². The summed E-state index contributed by atoms with van der Waals surface area (Å²) in [7, 11) is 0. The molecular weight excluding hydrogens is 230 g/mol.